The van der Waals surface area contributed by atoms with Crippen molar-refractivity contribution in [1.82, 2.24) is 0 Å². The summed E-state index contributed by atoms with van der Waals surface area (Å²) in [5, 5.41) is 0. The number of ether oxygens (including phenoxy) is 1. The molecular weight excluding hydrogens is 370 g/mol. The normalized spacial score (nSPS) is 16.6. The van der Waals surface area contributed by atoms with Gasteiger partial charge in [-0.2, -0.15) is 16.8 Å². The van der Waals surface area contributed by atoms with Gasteiger partial charge in [-0.05, 0) is 36.2 Å². The van der Waals surface area contributed by atoms with E-state index in [4.69, 9.17) is 9.57 Å². The molecule has 134 valence electrons. The molecule has 0 saturated carbocycles. The summed E-state index contributed by atoms with van der Waals surface area (Å²) in [4.78, 5) is 4.41. The summed E-state index contributed by atoms with van der Waals surface area (Å²) in [5.41, 5.74) is 0.171. The van der Waals surface area contributed by atoms with Crippen molar-refractivity contribution in [2.24, 2.45) is 0 Å². The predicted molar refractivity (Wildman–Crippen MR) is 88.3 cm³/mol. The molecule has 3 rings (SSSR count). The molecule has 10 heteroatoms. The highest BCUT2D eigenvalue weighted by Crippen LogP contribution is 2.38. The van der Waals surface area contributed by atoms with Crippen molar-refractivity contribution < 1.29 is 31.0 Å². The van der Waals surface area contributed by atoms with E-state index in [1.54, 1.807) is 25.1 Å². The van der Waals surface area contributed by atoms with Crippen LogP contribution in [0.3, 0.4) is 0 Å². The van der Waals surface area contributed by atoms with Crippen molar-refractivity contribution in [3.63, 3.8) is 0 Å². The van der Waals surface area contributed by atoms with Gasteiger partial charge in [-0.25, -0.2) is 4.84 Å². The zero-order valence-electron chi connectivity index (χ0n) is 13.1. The first-order valence-electron chi connectivity index (χ1n) is 7.26. The summed E-state index contributed by atoms with van der Waals surface area (Å²) in [6.45, 7) is 1.20. The zero-order chi connectivity index (χ0) is 18.2. The topological polar surface area (TPSA) is 110 Å². The molecule has 0 radical (unpaired) electrons. The van der Waals surface area contributed by atoms with Gasteiger partial charge in [0.1, 0.15) is 10.6 Å². The number of hydrogen-bond donors (Lipinski definition) is 1. The van der Waals surface area contributed by atoms with Crippen LogP contribution in [0.5, 0.6) is 5.75 Å². The molecule has 0 bridgehead atoms. The summed E-state index contributed by atoms with van der Waals surface area (Å²) in [5.74, 6) is -0.0392. The second-order valence-corrected chi connectivity index (χ2v) is 8.24. The van der Waals surface area contributed by atoms with Crippen LogP contribution in [0.25, 0.3) is 0 Å². The fourth-order valence-electron chi connectivity index (χ4n) is 2.61. The zero-order valence-corrected chi connectivity index (χ0v) is 14.7. The van der Waals surface area contributed by atoms with Gasteiger partial charge in [-0.1, -0.05) is 25.1 Å². The molecule has 0 spiro atoms. The lowest BCUT2D eigenvalue weighted by molar-refractivity contribution is 0.0267. The van der Waals surface area contributed by atoms with Gasteiger partial charge in [0.2, 0.25) is 6.79 Å². The van der Waals surface area contributed by atoms with Crippen molar-refractivity contribution in [2.75, 3.05) is 11.3 Å². The Hall–Kier alpha value is -2.14. The third-order valence-corrected chi connectivity index (χ3v) is 6.30. The molecule has 8 nitrogen and oxygen atoms in total. The first kappa shape index (κ1) is 17.7. The van der Waals surface area contributed by atoms with E-state index < -0.39 is 25.0 Å². The Kier molecular flexibility index (Phi) is 4.45. The number of nitrogens with zero attached hydrogens (tertiary/aromatic N) is 1. The van der Waals surface area contributed by atoms with Crippen LogP contribution in [0.1, 0.15) is 12.5 Å². The lowest BCUT2D eigenvalue weighted by atomic mass is 10.1. The summed E-state index contributed by atoms with van der Waals surface area (Å²) >= 11 is 0. The van der Waals surface area contributed by atoms with Crippen LogP contribution in [0.15, 0.2) is 52.3 Å². The standard InChI is InChI=1S/C15H15NO7S2/c1-2-12-14(25(19,20)21)9-8-13-15(12)24(17,18)16(23-10-22-13)11-6-4-3-5-7-11/h3-9H,2,10H2,1H3,(H,19,20,21). The minimum Gasteiger partial charge on any atom is -0.464 e. The lowest BCUT2D eigenvalue weighted by Gasteiger charge is -2.21. The average Bonchev–Trinajstić information content (AvgIpc) is 2.70. The Morgan fingerprint density at radius 2 is 1.84 bits per heavy atom. The molecule has 0 unspecified atom stereocenters. The second kappa shape index (κ2) is 6.30. The van der Waals surface area contributed by atoms with E-state index in [9.17, 15) is 21.4 Å². The Morgan fingerprint density at radius 3 is 2.44 bits per heavy atom. The van der Waals surface area contributed by atoms with E-state index in [1.807, 2.05) is 0 Å². The maximum atomic E-state index is 13.1. The molecule has 2 aromatic carbocycles. The van der Waals surface area contributed by atoms with Crippen molar-refractivity contribution in [1.29, 1.82) is 0 Å². The number of anilines is 1. The van der Waals surface area contributed by atoms with Crippen LogP contribution in [-0.2, 0) is 31.4 Å². The fourth-order valence-corrected chi connectivity index (χ4v) is 5.17. The summed E-state index contributed by atoms with van der Waals surface area (Å²) in [6, 6.07) is 10.3. The third-order valence-electron chi connectivity index (χ3n) is 3.64. The molecular formula is C15H15NO7S2. The quantitative estimate of drug-likeness (QED) is 0.804. The monoisotopic (exact) mass is 385 g/mol. The van der Waals surface area contributed by atoms with Gasteiger partial charge in [0.05, 0.1) is 10.6 Å². The highest BCUT2D eigenvalue weighted by Gasteiger charge is 2.37. The van der Waals surface area contributed by atoms with Crippen LogP contribution >= 0.6 is 0 Å². The van der Waals surface area contributed by atoms with Crippen LogP contribution in [0.4, 0.5) is 5.69 Å². The molecule has 0 fully saturated rings. The van der Waals surface area contributed by atoms with Gasteiger partial charge in [0.25, 0.3) is 20.1 Å². The van der Waals surface area contributed by atoms with Crippen LogP contribution in [0, 0.1) is 0 Å². The first-order valence-corrected chi connectivity index (χ1v) is 10.1. The van der Waals surface area contributed by atoms with Crippen molar-refractivity contribution in [2.45, 2.75) is 23.1 Å². The molecule has 1 aliphatic rings. The van der Waals surface area contributed by atoms with Crippen molar-refractivity contribution >= 4 is 25.8 Å². The number of benzene rings is 2. The first-order chi connectivity index (χ1) is 11.8. The molecule has 0 aliphatic carbocycles. The van der Waals surface area contributed by atoms with Gasteiger partial charge >= 0.3 is 0 Å². The van der Waals surface area contributed by atoms with Gasteiger partial charge in [-0.3, -0.25) is 4.55 Å². The van der Waals surface area contributed by atoms with Crippen LogP contribution < -0.4 is 9.21 Å². The SMILES string of the molecule is CCc1c(S(=O)(=O)O)ccc2c1S(=O)(=O)N(c1ccccc1)OCO2. The lowest BCUT2D eigenvalue weighted by Crippen LogP contribution is -2.31. The highest BCUT2D eigenvalue weighted by atomic mass is 32.2. The van der Waals surface area contributed by atoms with E-state index in [0.29, 0.717) is 4.47 Å². The molecule has 1 heterocycles. The largest absolute Gasteiger partial charge is 0.464 e. The number of hydrogen-bond acceptors (Lipinski definition) is 6. The van der Waals surface area contributed by atoms with Gasteiger partial charge < -0.3 is 4.74 Å². The molecule has 0 amide bonds. The molecule has 1 aliphatic heterocycles. The van der Waals surface area contributed by atoms with E-state index in [-0.39, 0.29) is 35.1 Å². The summed E-state index contributed by atoms with van der Waals surface area (Å²) < 4.78 is 64.9. The van der Waals surface area contributed by atoms with Gasteiger partial charge in [-0.15, -0.1) is 4.47 Å². The van der Waals surface area contributed by atoms with Gasteiger partial charge in [0, 0.05) is 0 Å². The fraction of sp³-hybridized carbons (Fsp3) is 0.200. The second-order valence-electron chi connectivity index (χ2n) is 5.16. The van der Waals surface area contributed by atoms with E-state index in [1.165, 1.54) is 18.2 Å². The average molecular weight is 385 g/mol. The molecule has 0 atom stereocenters. The third kappa shape index (κ3) is 3.09. The smallest absolute Gasteiger partial charge is 0.294 e. The van der Waals surface area contributed by atoms with Crippen LogP contribution in [0.2, 0.25) is 0 Å². The Morgan fingerprint density at radius 1 is 1.16 bits per heavy atom. The van der Waals surface area contributed by atoms with Crippen molar-refractivity contribution in [3.8, 4) is 5.75 Å². The number of fused-ring (bicyclic) bond motifs is 1. The van der Waals surface area contributed by atoms with E-state index in [2.05, 4.69) is 0 Å². The Bertz CT molecular complexity index is 1000. The van der Waals surface area contributed by atoms with E-state index >= 15 is 0 Å². The maximum absolute atomic E-state index is 13.1. The van der Waals surface area contributed by atoms with Crippen LogP contribution in [-0.4, -0.2) is 28.2 Å². The predicted octanol–water partition coefficient (Wildman–Crippen LogP) is 1.97. The Labute approximate surface area is 145 Å². The Balaban J connectivity index is 2.31. The highest BCUT2D eigenvalue weighted by molar-refractivity contribution is 7.92. The minimum absolute atomic E-state index is 0.0392. The maximum Gasteiger partial charge on any atom is 0.294 e. The van der Waals surface area contributed by atoms with Crippen molar-refractivity contribution in [3.05, 3.63) is 48.0 Å². The van der Waals surface area contributed by atoms with E-state index in [0.717, 1.165) is 6.07 Å². The molecule has 0 saturated heterocycles. The summed E-state index contributed by atoms with van der Waals surface area (Å²) in [6.07, 6.45) is 0.0452. The molecule has 1 N–H and O–H groups in total. The van der Waals surface area contributed by atoms with Gasteiger partial charge in [0.15, 0.2) is 0 Å². The number of sulfonamides is 1. The number of rotatable bonds is 3. The number of para-hydroxylation sites is 1. The molecule has 0 aromatic heterocycles. The summed E-state index contributed by atoms with van der Waals surface area (Å²) in [7, 11) is -8.89. The molecule has 25 heavy (non-hydrogen) atoms. The molecule has 2 aromatic rings. The minimum atomic E-state index is -4.60.